The smallest absolute Gasteiger partial charge is 0.327 e. The van der Waals surface area contributed by atoms with Gasteiger partial charge >= 0.3 is 6.03 Å². The van der Waals surface area contributed by atoms with Crippen LogP contribution in [-0.2, 0) is 11.2 Å². The first-order valence-electron chi connectivity index (χ1n) is 7.25. The van der Waals surface area contributed by atoms with Crippen LogP contribution in [0, 0.1) is 0 Å². The summed E-state index contributed by atoms with van der Waals surface area (Å²) >= 11 is 5.94. The average Bonchev–Trinajstić information content (AvgIpc) is 2.93. The summed E-state index contributed by atoms with van der Waals surface area (Å²) in [6.07, 6.45) is 0.499. The summed E-state index contributed by atoms with van der Waals surface area (Å²) in [6.45, 7) is 0. The summed E-state index contributed by atoms with van der Waals surface area (Å²) in [4.78, 5) is 26.4. The molecular weight excluding hydrogens is 314 g/mol. The highest BCUT2D eigenvalue weighted by Crippen LogP contribution is 2.32. The minimum atomic E-state index is -0.559. The van der Waals surface area contributed by atoms with E-state index in [0.717, 1.165) is 11.3 Å². The van der Waals surface area contributed by atoms with Crippen molar-refractivity contribution in [3.63, 3.8) is 0 Å². The van der Waals surface area contributed by atoms with Gasteiger partial charge in [0.1, 0.15) is 6.04 Å². The van der Waals surface area contributed by atoms with Gasteiger partial charge in [-0.3, -0.25) is 9.69 Å². The first-order valence-corrected chi connectivity index (χ1v) is 7.63. The zero-order chi connectivity index (χ0) is 16.4. The second-order valence-corrected chi connectivity index (χ2v) is 5.71. The van der Waals surface area contributed by atoms with Gasteiger partial charge in [0, 0.05) is 29.9 Å². The molecule has 0 aromatic heterocycles. The predicted molar refractivity (Wildman–Crippen MR) is 91.0 cm³/mol. The third-order valence-electron chi connectivity index (χ3n) is 3.82. The van der Waals surface area contributed by atoms with E-state index in [2.05, 4.69) is 10.6 Å². The molecule has 1 atom stereocenters. The van der Waals surface area contributed by atoms with E-state index in [9.17, 15) is 9.59 Å². The molecule has 6 heteroatoms. The number of rotatable bonds is 2. The number of nitrogens with one attached hydrogen (secondary N) is 2. The number of hydrogen-bond donors (Lipinski definition) is 2. The lowest BCUT2D eigenvalue weighted by Crippen LogP contribution is -2.48. The van der Waals surface area contributed by atoms with Crippen LogP contribution in [0.15, 0.2) is 48.5 Å². The number of para-hydroxylation sites is 1. The molecule has 2 aromatic carbocycles. The van der Waals surface area contributed by atoms with Crippen LogP contribution >= 0.6 is 11.6 Å². The van der Waals surface area contributed by atoms with Crippen LogP contribution in [-0.4, -0.2) is 25.0 Å². The Hall–Kier alpha value is -2.53. The summed E-state index contributed by atoms with van der Waals surface area (Å²) in [6, 6.07) is 13.5. The number of hydrogen-bond acceptors (Lipinski definition) is 2. The fourth-order valence-corrected chi connectivity index (χ4v) is 2.95. The third kappa shape index (κ3) is 3.00. The van der Waals surface area contributed by atoms with Crippen LogP contribution in [0.1, 0.15) is 5.56 Å². The lowest BCUT2D eigenvalue weighted by Gasteiger charge is -2.24. The normalized spacial score (nSPS) is 15.9. The minimum Gasteiger partial charge on any atom is -0.357 e. The molecule has 1 aliphatic rings. The van der Waals surface area contributed by atoms with Gasteiger partial charge in [0.15, 0.2) is 0 Å². The van der Waals surface area contributed by atoms with Crippen LogP contribution in [0.2, 0.25) is 5.02 Å². The van der Waals surface area contributed by atoms with Gasteiger partial charge in [-0.15, -0.1) is 0 Å². The molecule has 0 bridgehead atoms. The second-order valence-electron chi connectivity index (χ2n) is 5.27. The van der Waals surface area contributed by atoms with Crippen molar-refractivity contribution in [2.45, 2.75) is 12.5 Å². The van der Waals surface area contributed by atoms with Crippen molar-refractivity contribution < 1.29 is 9.59 Å². The molecule has 1 heterocycles. The van der Waals surface area contributed by atoms with Gasteiger partial charge in [-0.1, -0.05) is 35.9 Å². The van der Waals surface area contributed by atoms with E-state index in [1.54, 1.807) is 31.3 Å². The molecular formula is C17H16ClN3O2. The van der Waals surface area contributed by atoms with Crippen LogP contribution in [0.3, 0.4) is 0 Å². The number of urea groups is 1. The van der Waals surface area contributed by atoms with Crippen molar-refractivity contribution in [2.75, 3.05) is 17.3 Å². The Bertz CT molecular complexity index is 763. The van der Waals surface area contributed by atoms with Crippen LogP contribution < -0.4 is 15.5 Å². The van der Waals surface area contributed by atoms with Crippen molar-refractivity contribution in [3.8, 4) is 0 Å². The Balaban J connectivity index is 1.90. The number of halogens is 1. The molecule has 118 valence electrons. The number of nitrogens with zero attached hydrogens (tertiary/aromatic N) is 1. The van der Waals surface area contributed by atoms with Crippen LogP contribution in [0.25, 0.3) is 0 Å². The maximum absolute atomic E-state index is 12.7. The molecule has 0 saturated heterocycles. The number of fused-ring (bicyclic) bond motifs is 1. The fourth-order valence-electron chi connectivity index (χ4n) is 2.76. The number of amides is 3. The summed E-state index contributed by atoms with van der Waals surface area (Å²) in [7, 11) is 1.57. The van der Waals surface area contributed by atoms with Crippen LogP contribution in [0.5, 0.6) is 0 Å². The van der Waals surface area contributed by atoms with Crippen molar-refractivity contribution in [3.05, 3.63) is 59.1 Å². The first kappa shape index (κ1) is 15.4. The predicted octanol–water partition coefficient (Wildman–Crippen LogP) is 3.05. The van der Waals surface area contributed by atoms with Gasteiger partial charge in [-0.2, -0.15) is 0 Å². The van der Waals surface area contributed by atoms with Crippen LogP contribution in [0.4, 0.5) is 16.2 Å². The molecule has 0 unspecified atom stereocenters. The summed E-state index contributed by atoms with van der Waals surface area (Å²) in [5, 5.41) is 5.95. The van der Waals surface area contributed by atoms with Gasteiger partial charge in [-0.25, -0.2) is 4.79 Å². The summed E-state index contributed by atoms with van der Waals surface area (Å²) in [5.74, 6) is -0.192. The van der Waals surface area contributed by atoms with Gasteiger partial charge < -0.3 is 10.6 Å². The van der Waals surface area contributed by atoms with E-state index < -0.39 is 6.04 Å². The molecule has 0 spiro atoms. The van der Waals surface area contributed by atoms with E-state index in [0.29, 0.717) is 17.1 Å². The van der Waals surface area contributed by atoms with E-state index in [1.807, 2.05) is 24.3 Å². The number of likely N-dealkylation sites (N-methyl/N-ethyl adjacent to an activating group) is 1. The average molecular weight is 330 g/mol. The third-order valence-corrected chi connectivity index (χ3v) is 4.05. The van der Waals surface area contributed by atoms with Gasteiger partial charge in [0.25, 0.3) is 0 Å². The van der Waals surface area contributed by atoms with Gasteiger partial charge in [0.05, 0.1) is 0 Å². The Labute approximate surface area is 139 Å². The van der Waals surface area contributed by atoms with Crippen molar-refractivity contribution >= 4 is 34.9 Å². The highest BCUT2D eigenvalue weighted by Gasteiger charge is 2.37. The minimum absolute atomic E-state index is 0.192. The first-order chi connectivity index (χ1) is 11.1. The van der Waals surface area contributed by atoms with E-state index in [-0.39, 0.29) is 11.9 Å². The zero-order valence-electron chi connectivity index (χ0n) is 12.5. The Morgan fingerprint density at radius 2 is 1.96 bits per heavy atom. The monoisotopic (exact) mass is 329 g/mol. The molecule has 3 amide bonds. The largest absolute Gasteiger partial charge is 0.357 e. The highest BCUT2D eigenvalue weighted by molar-refractivity contribution is 6.31. The van der Waals surface area contributed by atoms with Gasteiger partial charge in [-0.05, 0) is 29.8 Å². The number of anilines is 2. The van der Waals surface area contributed by atoms with Gasteiger partial charge in [0.2, 0.25) is 5.91 Å². The Morgan fingerprint density at radius 3 is 2.70 bits per heavy atom. The SMILES string of the molecule is CNC(=O)[C@H]1Cc2ccccc2N1C(=O)Nc1cccc(Cl)c1. The molecule has 23 heavy (non-hydrogen) atoms. The lowest BCUT2D eigenvalue weighted by atomic mass is 10.1. The zero-order valence-corrected chi connectivity index (χ0v) is 13.3. The molecule has 3 rings (SSSR count). The van der Waals surface area contributed by atoms with E-state index in [4.69, 9.17) is 11.6 Å². The molecule has 0 fully saturated rings. The quantitative estimate of drug-likeness (QED) is 0.889. The topological polar surface area (TPSA) is 61.4 Å². The Morgan fingerprint density at radius 1 is 1.17 bits per heavy atom. The molecule has 2 N–H and O–H groups in total. The number of carbonyl (C=O) groups is 2. The standard InChI is InChI=1S/C17H16ClN3O2/c1-19-16(22)15-9-11-5-2-3-8-14(11)21(15)17(23)20-13-7-4-6-12(18)10-13/h2-8,10,15H,9H2,1H3,(H,19,22)(H,20,23)/t15-/m1/s1. The Kier molecular flexibility index (Phi) is 4.21. The van der Waals surface area contributed by atoms with Crippen molar-refractivity contribution in [2.24, 2.45) is 0 Å². The number of benzene rings is 2. The molecule has 0 radical (unpaired) electrons. The maximum atomic E-state index is 12.7. The second kappa shape index (κ2) is 6.30. The van der Waals surface area contributed by atoms with E-state index >= 15 is 0 Å². The molecule has 5 nitrogen and oxygen atoms in total. The molecule has 0 aliphatic carbocycles. The fraction of sp³-hybridized carbons (Fsp3) is 0.176. The van der Waals surface area contributed by atoms with E-state index in [1.165, 1.54) is 4.90 Å². The van der Waals surface area contributed by atoms with Crippen molar-refractivity contribution in [1.82, 2.24) is 5.32 Å². The number of carbonyl (C=O) groups excluding carboxylic acids is 2. The van der Waals surface area contributed by atoms with Crippen molar-refractivity contribution in [1.29, 1.82) is 0 Å². The molecule has 1 aliphatic heterocycles. The summed E-state index contributed by atoms with van der Waals surface area (Å²) < 4.78 is 0. The maximum Gasteiger partial charge on any atom is 0.327 e. The molecule has 2 aromatic rings. The lowest BCUT2D eigenvalue weighted by molar-refractivity contribution is -0.121. The highest BCUT2D eigenvalue weighted by atomic mass is 35.5. The summed E-state index contributed by atoms with van der Waals surface area (Å²) in [5.41, 5.74) is 2.31. The molecule has 0 saturated carbocycles.